The van der Waals surface area contributed by atoms with Crippen molar-refractivity contribution in [3.8, 4) is 5.75 Å². The number of piperidine rings is 1. The molecule has 1 saturated heterocycles. The van der Waals surface area contributed by atoms with Crippen molar-refractivity contribution in [3.05, 3.63) is 30.1 Å². The fraction of sp³-hybridized carbons (Fsp3) is 0.357. The number of hydrogen-bond donors (Lipinski definition) is 2. The van der Waals surface area contributed by atoms with Crippen LogP contribution in [0.1, 0.15) is 19.8 Å². The topological polar surface area (TPSA) is 84.5 Å². The first-order chi connectivity index (χ1) is 9.95. The molecular formula is C14H15FN2O4. The summed E-state index contributed by atoms with van der Waals surface area (Å²) in [6.45, 7) is 1.52. The van der Waals surface area contributed by atoms with Crippen molar-refractivity contribution in [1.82, 2.24) is 10.6 Å². The first kappa shape index (κ1) is 15.0. The van der Waals surface area contributed by atoms with Gasteiger partial charge in [0.2, 0.25) is 11.8 Å². The van der Waals surface area contributed by atoms with E-state index in [1.54, 1.807) is 0 Å². The molecule has 112 valence electrons. The zero-order valence-electron chi connectivity index (χ0n) is 11.4. The van der Waals surface area contributed by atoms with Crippen molar-refractivity contribution in [2.45, 2.75) is 31.9 Å². The first-order valence-electron chi connectivity index (χ1n) is 6.52. The number of benzene rings is 1. The van der Waals surface area contributed by atoms with Gasteiger partial charge in [0.1, 0.15) is 17.6 Å². The minimum Gasteiger partial charge on any atom is -0.481 e. The predicted octanol–water partition coefficient (Wildman–Crippen LogP) is 0.514. The Kier molecular flexibility index (Phi) is 4.52. The number of carbonyl (C=O) groups excluding carboxylic acids is 3. The van der Waals surface area contributed by atoms with E-state index in [4.69, 9.17) is 4.74 Å². The van der Waals surface area contributed by atoms with Gasteiger partial charge in [-0.25, -0.2) is 4.39 Å². The Bertz CT molecular complexity index is 559. The van der Waals surface area contributed by atoms with E-state index < -0.39 is 29.8 Å². The van der Waals surface area contributed by atoms with Crippen molar-refractivity contribution in [3.63, 3.8) is 0 Å². The van der Waals surface area contributed by atoms with Gasteiger partial charge >= 0.3 is 0 Å². The average Bonchev–Trinajstić information content (AvgIpc) is 2.44. The summed E-state index contributed by atoms with van der Waals surface area (Å²) in [5.74, 6) is -1.39. The molecule has 2 N–H and O–H groups in total. The Morgan fingerprint density at radius 1 is 1.38 bits per heavy atom. The quantitative estimate of drug-likeness (QED) is 0.793. The third-order valence-corrected chi connectivity index (χ3v) is 3.05. The maximum atomic E-state index is 12.8. The monoisotopic (exact) mass is 294 g/mol. The van der Waals surface area contributed by atoms with Crippen molar-refractivity contribution >= 4 is 17.7 Å². The highest BCUT2D eigenvalue weighted by Gasteiger charge is 2.29. The molecule has 2 unspecified atom stereocenters. The molecule has 0 aliphatic carbocycles. The second-order valence-corrected chi connectivity index (χ2v) is 4.73. The fourth-order valence-corrected chi connectivity index (χ4v) is 1.89. The van der Waals surface area contributed by atoms with E-state index in [0.29, 0.717) is 5.75 Å². The smallest absolute Gasteiger partial charge is 0.261 e. The van der Waals surface area contributed by atoms with Gasteiger partial charge in [-0.3, -0.25) is 19.7 Å². The first-order valence-corrected chi connectivity index (χ1v) is 6.52. The number of rotatable bonds is 4. The molecule has 0 spiro atoms. The van der Waals surface area contributed by atoms with Crippen molar-refractivity contribution in [1.29, 1.82) is 0 Å². The van der Waals surface area contributed by atoms with Crippen LogP contribution in [0.25, 0.3) is 0 Å². The molecule has 21 heavy (non-hydrogen) atoms. The molecule has 1 aromatic rings. The zero-order chi connectivity index (χ0) is 15.4. The van der Waals surface area contributed by atoms with Gasteiger partial charge in [-0.2, -0.15) is 0 Å². The lowest BCUT2D eigenvalue weighted by molar-refractivity contribution is -0.138. The van der Waals surface area contributed by atoms with E-state index in [-0.39, 0.29) is 18.7 Å². The molecule has 6 nitrogen and oxygen atoms in total. The molecule has 1 aliphatic rings. The lowest BCUT2D eigenvalue weighted by Crippen LogP contribution is -2.54. The van der Waals surface area contributed by atoms with E-state index in [9.17, 15) is 18.8 Å². The van der Waals surface area contributed by atoms with E-state index in [1.807, 2.05) is 0 Å². The van der Waals surface area contributed by atoms with Crippen molar-refractivity contribution in [2.24, 2.45) is 0 Å². The molecule has 0 aromatic heterocycles. The van der Waals surface area contributed by atoms with Gasteiger partial charge in [0.25, 0.3) is 5.91 Å². The number of amides is 3. The number of hydrogen-bond acceptors (Lipinski definition) is 4. The van der Waals surface area contributed by atoms with E-state index in [0.717, 1.165) is 0 Å². The molecule has 0 saturated carbocycles. The van der Waals surface area contributed by atoms with Gasteiger partial charge < -0.3 is 10.1 Å². The predicted molar refractivity (Wildman–Crippen MR) is 70.8 cm³/mol. The van der Waals surface area contributed by atoms with E-state index >= 15 is 0 Å². The van der Waals surface area contributed by atoms with Crippen LogP contribution in [0.2, 0.25) is 0 Å². The molecule has 1 heterocycles. The molecular weight excluding hydrogens is 279 g/mol. The van der Waals surface area contributed by atoms with Crippen LogP contribution in [0.3, 0.4) is 0 Å². The molecule has 2 atom stereocenters. The summed E-state index contributed by atoms with van der Waals surface area (Å²) < 4.78 is 18.1. The van der Waals surface area contributed by atoms with Crippen molar-refractivity contribution in [2.75, 3.05) is 0 Å². The summed E-state index contributed by atoms with van der Waals surface area (Å²) >= 11 is 0. The fourth-order valence-electron chi connectivity index (χ4n) is 1.89. The van der Waals surface area contributed by atoms with Crippen molar-refractivity contribution < 1.29 is 23.5 Å². The molecule has 1 aliphatic heterocycles. The lowest BCUT2D eigenvalue weighted by atomic mass is 10.1. The number of imide groups is 1. The summed E-state index contributed by atoms with van der Waals surface area (Å²) in [6, 6.07) is 4.52. The van der Waals surface area contributed by atoms with Gasteiger partial charge in [-0.1, -0.05) is 0 Å². The maximum Gasteiger partial charge on any atom is 0.261 e. The third-order valence-electron chi connectivity index (χ3n) is 3.05. The van der Waals surface area contributed by atoms with Crippen LogP contribution >= 0.6 is 0 Å². The zero-order valence-corrected chi connectivity index (χ0v) is 11.4. The SMILES string of the molecule is CC(Oc1ccc(F)cc1)C(=O)NC1CCC(=O)NC1=O. The normalized spacial score (nSPS) is 19.6. The van der Waals surface area contributed by atoms with Gasteiger partial charge in [-0.05, 0) is 37.6 Å². The van der Waals surface area contributed by atoms with Gasteiger partial charge in [-0.15, -0.1) is 0 Å². The Labute approximate surface area is 120 Å². The highest BCUT2D eigenvalue weighted by molar-refractivity contribution is 6.01. The Morgan fingerprint density at radius 2 is 2.05 bits per heavy atom. The van der Waals surface area contributed by atoms with Gasteiger partial charge in [0.05, 0.1) is 0 Å². The third kappa shape index (κ3) is 4.01. The minimum absolute atomic E-state index is 0.184. The lowest BCUT2D eigenvalue weighted by Gasteiger charge is -2.23. The number of halogens is 1. The van der Waals surface area contributed by atoms with Crippen LogP contribution in [-0.2, 0) is 14.4 Å². The summed E-state index contributed by atoms with van der Waals surface area (Å²) in [7, 11) is 0. The molecule has 3 amide bonds. The molecule has 1 aromatic carbocycles. The molecule has 1 fully saturated rings. The van der Waals surface area contributed by atoms with Crippen LogP contribution in [-0.4, -0.2) is 29.9 Å². The molecule has 0 radical (unpaired) electrons. The summed E-state index contributed by atoms with van der Waals surface area (Å²) in [6.07, 6.45) is -0.398. The highest BCUT2D eigenvalue weighted by Crippen LogP contribution is 2.13. The second kappa shape index (κ2) is 6.34. The van der Waals surface area contributed by atoms with E-state index in [1.165, 1.54) is 31.2 Å². The van der Waals surface area contributed by atoms with Crippen LogP contribution in [0.15, 0.2) is 24.3 Å². The van der Waals surface area contributed by atoms with Crippen LogP contribution in [0.5, 0.6) is 5.75 Å². The summed E-state index contributed by atoms with van der Waals surface area (Å²) in [4.78, 5) is 34.5. The minimum atomic E-state index is -0.846. The number of carbonyl (C=O) groups is 3. The van der Waals surface area contributed by atoms with Gasteiger partial charge in [0.15, 0.2) is 6.10 Å². The number of nitrogens with one attached hydrogen (secondary N) is 2. The Hall–Kier alpha value is -2.44. The van der Waals surface area contributed by atoms with E-state index in [2.05, 4.69) is 10.6 Å². The van der Waals surface area contributed by atoms with Gasteiger partial charge in [0, 0.05) is 6.42 Å². The molecule has 7 heteroatoms. The standard InChI is InChI=1S/C14H15FN2O4/c1-8(21-10-4-2-9(15)3-5-10)13(19)16-11-6-7-12(18)17-14(11)20/h2-5,8,11H,6-7H2,1H3,(H,16,19)(H,17,18,20). The summed E-state index contributed by atoms with van der Waals surface area (Å²) in [5, 5.41) is 4.67. The average molecular weight is 294 g/mol. The maximum absolute atomic E-state index is 12.8. The van der Waals surface area contributed by atoms with Crippen LogP contribution in [0, 0.1) is 5.82 Å². The number of ether oxygens (including phenoxy) is 1. The Balaban J connectivity index is 1.89. The largest absolute Gasteiger partial charge is 0.481 e. The molecule has 0 bridgehead atoms. The summed E-state index contributed by atoms with van der Waals surface area (Å²) in [5.41, 5.74) is 0. The second-order valence-electron chi connectivity index (χ2n) is 4.73. The molecule has 2 rings (SSSR count). The van der Waals surface area contributed by atoms with Crippen LogP contribution in [0.4, 0.5) is 4.39 Å². The highest BCUT2D eigenvalue weighted by atomic mass is 19.1. The Morgan fingerprint density at radius 3 is 2.67 bits per heavy atom. The van der Waals surface area contributed by atoms with Crippen LogP contribution < -0.4 is 15.4 Å².